The number of hydrogen-bond acceptors (Lipinski definition) is 2. The first-order chi connectivity index (χ1) is 3.77. The third-order valence-corrected chi connectivity index (χ3v) is 0.548. The van der Waals surface area contributed by atoms with E-state index in [1.165, 1.54) is 6.20 Å². The van der Waals surface area contributed by atoms with Gasteiger partial charge >= 0.3 is 5.97 Å². The predicted octanol–water partition coefficient (Wildman–Crippen LogP) is 0.194. The minimum atomic E-state index is -0.925. The fourth-order valence-corrected chi connectivity index (χ4v) is 0.248. The molecule has 2 N–H and O–H groups in total. The van der Waals surface area contributed by atoms with Crippen molar-refractivity contribution in [2.24, 2.45) is 0 Å². The van der Waals surface area contributed by atoms with Crippen LogP contribution in [0.15, 0.2) is 12.3 Å². The number of hydrogen-bond donors (Lipinski definition) is 2. The summed E-state index contributed by atoms with van der Waals surface area (Å²) in [4.78, 5) is 9.75. The Morgan fingerprint density at radius 1 is 1.88 bits per heavy atom. The van der Waals surface area contributed by atoms with Crippen LogP contribution in [-0.2, 0) is 4.79 Å². The third-order valence-electron chi connectivity index (χ3n) is 0.548. The number of carboxylic acid groups (broad SMARTS) is 1. The molecule has 0 aliphatic carbocycles. The molecule has 0 amide bonds. The van der Waals surface area contributed by atoms with Crippen molar-refractivity contribution in [3.63, 3.8) is 0 Å². The Hall–Kier alpha value is -0.990. The van der Waals surface area contributed by atoms with Crippen LogP contribution in [0.2, 0.25) is 0 Å². The van der Waals surface area contributed by atoms with Crippen LogP contribution in [-0.4, -0.2) is 17.6 Å². The van der Waals surface area contributed by atoms with Crippen molar-refractivity contribution < 1.29 is 9.90 Å². The molecule has 3 nitrogen and oxygen atoms in total. The number of carboxylic acids is 1. The molecule has 0 aromatic rings. The molecule has 8 heavy (non-hydrogen) atoms. The number of carbonyl (C=O) groups is 1. The molecule has 0 atom stereocenters. The van der Waals surface area contributed by atoms with Gasteiger partial charge in [0.1, 0.15) is 0 Å². The van der Waals surface area contributed by atoms with Gasteiger partial charge in [0.2, 0.25) is 0 Å². The zero-order chi connectivity index (χ0) is 6.41. The predicted molar refractivity (Wildman–Crippen MR) is 30.5 cm³/mol. The quantitative estimate of drug-likeness (QED) is 0.516. The molecule has 0 aromatic heterocycles. The highest BCUT2D eigenvalue weighted by molar-refractivity contribution is 5.79. The van der Waals surface area contributed by atoms with Gasteiger partial charge in [-0.2, -0.15) is 0 Å². The largest absolute Gasteiger partial charge is 0.478 e. The van der Waals surface area contributed by atoms with Gasteiger partial charge in [0.15, 0.2) is 0 Å². The lowest BCUT2D eigenvalue weighted by Crippen LogP contribution is -2.03. The van der Waals surface area contributed by atoms with E-state index >= 15 is 0 Å². The second-order valence-corrected chi connectivity index (χ2v) is 1.23. The van der Waals surface area contributed by atoms with Crippen LogP contribution < -0.4 is 5.32 Å². The molecule has 0 aliphatic heterocycles. The summed E-state index contributed by atoms with van der Waals surface area (Å²) in [5.41, 5.74) is 0. The minimum Gasteiger partial charge on any atom is -0.478 e. The average Bonchev–Trinajstić information content (AvgIpc) is 1.66. The lowest BCUT2D eigenvalue weighted by Gasteiger charge is -1.86. The second kappa shape index (κ2) is 4.18. The molecule has 0 saturated heterocycles. The Morgan fingerprint density at radius 2 is 2.50 bits per heavy atom. The van der Waals surface area contributed by atoms with E-state index in [1.54, 1.807) is 0 Å². The van der Waals surface area contributed by atoms with Crippen LogP contribution in [0, 0.1) is 0 Å². The molecule has 0 saturated carbocycles. The van der Waals surface area contributed by atoms with E-state index in [0.717, 1.165) is 12.6 Å². The topological polar surface area (TPSA) is 49.3 Å². The van der Waals surface area contributed by atoms with Gasteiger partial charge in [0.05, 0.1) is 0 Å². The molecule has 3 heteroatoms. The van der Waals surface area contributed by atoms with Crippen LogP contribution in [0.4, 0.5) is 0 Å². The lowest BCUT2D eigenvalue weighted by atomic mass is 10.6. The van der Waals surface area contributed by atoms with Gasteiger partial charge in [-0.3, -0.25) is 0 Å². The first-order valence-electron chi connectivity index (χ1n) is 2.40. The summed E-state index contributed by atoms with van der Waals surface area (Å²) in [6.07, 6.45) is 2.46. The molecule has 0 radical (unpaired) electrons. The SMILES string of the molecule is CCNC=CC(=O)O. The van der Waals surface area contributed by atoms with Crippen LogP contribution in [0.1, 0.15) is 6.92 Å². The lowest BCUT2D eigenvalue weighted by molar-refractivity contribution is -0.131. The highest BCUT2D eigenvalue weighted by Gasteiger charge is 1.80. The molecule has 0 aliphatic rings. The molecule has 0 fully saturated rings. The van der Waals surface area contributed by atoms with Gasteiger partial charge in [-0.25, -0.2) is 4.79 Å². The van der Waals surface area contributed by atoms with Gasteiger partial charge in [0, 0.05) is 18.8 Å². The first kappa shape index (κ1) is 7.01. The highest BCUT2D eigenvalue weighted by Crippen LogP contribution is 1.65. The molecular weight excluding hydrogens is 106 g/mol. The summed E-state index contributed by atoms with van der Waals surface area (Å²) in [5, 5.41) is 10.7. The van der Waals surface area contributed by atoms with Crippen LogP contribution in [0.5, 0.6) is 0 Å². The fourth-order valence-electron chi connectivity index (χ4n) is 0.248. The van der Waals surface area contributed by atoms with E-state index in [2.05, 4.69) is 5.32 Å². The zero-order valence-corrected chi connectivity index (χ0v) is 4.72. The highest BCUT2D eigenvalue weighted by atomic mass is 16.4. The Labute approximate surface area is 48.0 Å². The van der Waals surface area contributed by atoms with Crippen LogP contribution in [0.3, 0.4) is 0 Å². The Morgan fingerprint density at radius 3 is 2.88 bits per heavy atom. The Kier molecular flexibility index (Phi) is 3.66. The van der Waals surface area contributed by atoms with E-state index < -0.39 is 5.97 Å². The Bertz CT molecular complexity index is 98.6. The van der Waals surface area contributed by atoms with E-state index in [1.807, 2.05) is 6.92 Å². The summed E-state index contributed by atoms with van der Waals surface area (Å²) < 4.78 is 0. The van der Waals surface area contributed by atoms with Crippen LogP contribution >= 0.6 is 0 Å². The summed E-state index contributed by atoms with van der Waals surface area (Å²) in [5.74, 6) is -0.925. The van der Waals surface area contributed by atoms with E-state index in [4.69, 9.17) is 5.11 Å². The second-order valence-electron chi connectivity index (χ2n) is 1.23. The zero-order valence-electron chi connectivity index (χ0n) is 4.72. The molecule has 0 spiro atoms. The van der Waals surface area contributed by atoms with E-state index in [-0.39, 0.29) is 0 Å². The normalized spacial score (nSPS) is 9.62. The summed E-state index contributed by atoms with van der Waals surface area (Å²) >= 11 is 0. The van der Waals surface area contributed by atoms with E-state index in [0.29, 0.717) is 0 Å². The summed E-state index contributed by atoms with van der Waals surface area (Å²) in [7, 11) is 0. The van der Waals surface area contributed by atoms with E-state index in [9.17, 15) is 4.79 Å². The number of rotatable bonds is 3. The first-order valence-corrected chi connectivity index (χ1v) is 2.40. The summed E-state index contributed by atoms with van der Waals surface area (Å²) in [6, 6.07) is 0. The molecule has 46 valence electrons. The number of aliphatic carboxylic acids is 1. The molecule has 0 heterocycles. The van der Waals surface area contributed by atoms with Crippen molar-refractivity contribution >= 4 is 5.97 Å². The van der Waals surface area contributed by atoms with Gasteiger partial charge in [-0.1, -0.05) is 0 Å². The molecule has 0 bridgehead atoms. The van der Waals surface area contributed by atoms with Gasteiger partial charge in [-0.15, -0.1) is 0 Å². The van der Waals surface area contributed by atoms with Crippen molar-refractivity contribution in [1.29, 1.82) is 0 Å². The minimum absolute atomic E-state index is 0.754. The average molecular weight is 115 g/mol. The Balaban J connectivity index is 3.20. The maximum atomic E-state index is 9.75. The van der Waals surface area contributed by atoms with Gasteiger partial charge in [0.25, 0.3) is 0 Å². The van der Waals surface area contributed by atoms with Crippen molar-refractivity contribution in [3.05, 3.63) is 12.3 Å². The third kappa shape index (κ3) is 5.01. The van der Waals surface area contributed by atoms with Gasteiger partial charge in [-0.05, 0) is 6.92 Å². The van der Waals surface area contributed by atoms with Crippen molar-refractivity contribution in [1.82, 2.24) is 5.32 Å². The molecule has 0 rings (SSSR count). The molecule has 0 aromatic carbocycles. The van der Waals surface area contributed by atoms with Crippen LogP contribution in [0.25, 0.3) is 0 Å². The molecule has 0 unspecified atom stereocenters. The van der Waals surface area contributed by atoms with Gasteiger partial charge < -0.3 is 10.4 Å². The number of nitrogens with one attached hydrogen (secondary N) is 1. The van der Waals surface area contributed by atoms with Crippen molar-refractivity contribution in [2.45, 2.75) is 6.92 Å². The standard InChI is InChI=1S/C5H9NO2/c1-2-6-4-3-5(7)8/h3-4,6H,2H2,1H3,(H,7,8). The maximum absolute atomic E-state index is 9.75. The fraction of sp³-hybridized carbons (Fsp3) is 0.400. The smallest absolute Gasteiger partial charge is 0.329 e. The summed E-state index contributed by atoms with van der Waals surface area (Å²) in [6.45, 7) is 2.65. The monoisotopic (exact) mass is 115 g/mol. The maximum Gasteiger partial charge on any atom is 0.329 e. The molecular formula is C5H9NO2. The van der Waals surface area contributed by atoms with Crippen molar-refractivity contribution in [3.8, 4) is 0 Å². The van der Waals surface area contributed by atoms with Crippen molar-refractivity contribution in [2.75, 3.05) is 6.54 Å².